The van der Waals surface area contributed by atoms with Gasteiger partial charge < -0.3 is 42.7 Å². The van der Waals surface area contributed by atoms with E-state index in [9.17, 15) is 9.59 Å². The van der Waals surface area contributed by atoms with Crippen LogP contribution in [-0.4, -0.2) is 113 Å². The molecule has 1 aliphatic rings. The molecule has 2 aromatic carbocycles. The topological polar surface area (TPSA) is 210 Å². The SMILES string of the molecule is CC(C)(C)OC(=O)N[C@@H](CCCO[Si](C)(C)C(C)(C)C)c1cccc(Br)n1.CC1(C)OB(c2ccc3cnn(-c4cccc(CO[Si](C)(C)C(C)(C)C)n4)c3c2)OC1(C)C.CCCC[C@H](NC(=O)OC(C)(C)C)c1cccc(-c2ccc3cnn(-c4cccc(CO[Si](C)(C)C(C)(C)C)n4)c3c2)n1.S.S. The molecule has 2 amide bonds. The van der Waals surface area contributed by atoms with Gasteiger partial charge in [-0.3, -0.25) is 4.98 Å². The number of rotatable bonds is 22. The Morgan fingerprint density at radius 1 is 0.533 bits per heavy atom. The lowest BCUT2D eigenvalue weighted by Gasteiger charge is -2.36. The van der Waals surface area contributed by atoms with Gasteiger partial charge in [0.2, 0.25) is 0 Å². The normalized spacial score (nSPS) is 14.8. The van der Waals surface area contributed by atoms with Crippen molar-refractivity contribution in [3.8, 4) is 22.9 Å². The van der Waals surface area contributed by atoms with Gasteiger partial charge in [-0.2, -0.15) is 37.2 Å². The van der Waals surface area contributed by atoms with E-state index in [-0.39, 0.29) is 65.4 Å². The molecule has 1 aliphatic heterocycles. The van der Waals surface area contributed by atoms with Crippen LogP contribution in [0.15, 0.2) is 126 Å². The van der Waals surface area contributed by atoms with Crippen LogP contribution in [0, 0.1) is 0 Å². The van der Waals surface area contributed by atoms with Crippen molar-refractivity contribution in [3.05, 3.63) is 149 Å². The maximum atomic E-state index is 12.6. The fraction of sp³-hybridized carbons (Fsp3) is 0.544. The predicted molar refractivity (Wildman–Crippen MR) is 449 cm³/mol. The van der Waals surface area contributed by atoms with Gasteiger partial charge in [-0.05, 0) is 225 Å². The summed E-state index contributed by atoms with van der Waals surface area (Å²) in [6, 6.07) is 35.6. The van der Waals surface area contributed by atoms with Crippen molar-refractivity contribution in [2.24, 2.45) is 0 Å². The lowest BCUT2D eigenvalue weighted by molar-refractivity contribution is 0.00578. The number of hydrogen-bond acceptors (Lipinski definition) is 15. The Morgan fingerprint density at radius 2 is 0.952 bits per heavy atom. The minimum Gasteiger partial charge on any atom is -0.444 e. The molecule has 6 aromatic heterocycles. The summed E-state index contributed by atoms with van der Waals surface area (Å²) >= 11 is 3.40. The highest BCUT2D eigenvalue weighted by atomic mass is 79.9. The molecule has 1 saturated heterocycles. The van der Waals surface area contributed by atoms with Crippen molar-refractivity contribution < 1.29 is 41.6 Å². The first-order valence-corrected chi connectivity index (χ1v) is 45.8. The van der Waals surface area contributed by atoms with Crippen molar-refractivity contribution in [1.82, 2.24) is 50.1 Å². The van der Waals surface area contributed by atoms with E-state index < -0.39 is 55.5 Å². The molecule has 8 aromatic rings. The van der Waals surface area contributed by atoms with Gasteiger partial charge in [-0.25, -0.2) is 33.9 Å². The molecule has 0 radical (unpaired) electrons. The number of aromatic nitrogens is 8. The molecule has 105 heavy (non-hydrogen) atoms. The Bertz CT molecular complexity index is 4150. The number of pyridine rings is 4. The molecular formula is C79H122BBrN10O9S2Si3. The quantitative estimate of drug-likeness (QED) is 0.0367. The molecule has 0 spiro atoms. The molecule has 26 heteroatoms. The summed E-state index contributed by atoms with van der Waals surface area (Å²) in [4.78, 5) is 44.1. The number of carbonyl (C=O) groups excluding carboxylic acids is 2. The third-order valence-corrected chi connectivity index (χ3v) is 34.1. The van der Waals surface area contributed by atoms with Crippen LogP contribution in [0.1, 0.15) is 205 Å². The number of ether oxygens (including phenoxy) is 2. The molecule has 0 aliphatic carbocycles. The minimum atomic E-state index is -1.90. The van der Waals surface area contributed by atoms with E-state index in [0.29, 0.717) is 19.8 Å². The van der Waals surface area contributed by atoms with Crippen LogP contribution in [0.25, 0.3) is 44.7 Å². The first-order valence-electron chi connectivity index (χ1n) is 36.3. The van der Waals surface area contributed by atoms with Crippen LogP contribution >= 0.6 is 42.9 Å². The lowest BCUT2D eigenvalue weighted by Crippen LogP contribution is -2.41. The standard InChI is InChI=1S/C34H47N5O3Si.C25H36BN3O3Si.C20H35BrN2O3Si.2H2S/c1-10-11-15-29(38-32(40)42-33(2,3)4)28-17-13-16-27(37-28)24-19-20-25-22-35-39(30(25)21-24)31-18-12-14-26(36-31)23-41-43(8,9)34(5,6)7;1-23(2,3)33(8,9)30-17-20-11-10-12-22(28-20)29-21-15-19(14-13-18(21)16-27-29)26-31-24(4,5)25(6,7)32-26;1-19(2,3)26-18(24)23-16(15-11-9-13-17(21)22-15)12-10-14-25-27(7,8)20(4,5)6;;/h12-14,16-22,29H,10-11,15,23H2,1-9H3,(H,38,40);10-16H,17H2,1-9H3;9,11,13,16H,10,12,14H2,1-8H3,(H,23,24);2*1H2/t29-;;16-;;/m0.0../s1. The van der Waals surface area contributed by atoms with Crippen molar-refractivity contribution in [2.45, 2.75) is 273 Å². The summed E-state index contributed by atoms with van der Waals surface area (Å²) in [7, 11) is -5.93. The van der Waals surface area contributed by atoms with Gasteiger partial charge in [0.15, 0.2) is 36.6 Å². The van der Waals surface area contributed by atoms with Gasteiger partial charge in [0, 0.05) is 22.9 Å². The third-order valence-electron chi connectivity index (χ3n) is 20.1. The van der Waals surface area contributed by atoms with Crippen LogP contribution in [-0.2, 0) is 45.3 Å². The summed E-state index contributed by atoms with van der Waals surface area (Å²) in [5, 5.41) is 17.8. The van der Waals surface area contributed by atoms with E-state index in [4.69, 9.17) is 47.0 Å². The Kier molecular flexibility index (Phi) is 30.9. The van der Waals surface area contributed by atoms with Crippen LogP contribution in [0.2, 0.25) is 54.4 Å². The van der Waals surface area contributed by atoms with Crippen molar-refractivity contribution >= 4 is 114 Å². The number of hydrogen-bond donors (Lipinski definition) is 2. The van der Waals surface area contributed by atoms with E-state index in [2.05, 4.69) is 208 Å². The lowest BCUT2D eigenvalue weighted by atomic mass is 9.79. The Morgan fingerprint density at radius 3 is 1.40 bits per heavy atom. The van der Waals surface area contributed by atoms with Crippen LogP contribution in [0.4, 0.5) is 9.59 Å². The van der Waals surface area contributed by atoms with Crippen LogP contribution < -0.4 is 16.1 Å². The highest BCUT2D eigenvalue weighted by Crippen LogP contribution is 2.41. The van der Waals surface area contributed by atoms with E-state index in [0.717, 1.165) is 110 Å². The highest BCUT2D eigenvalue weighted by molar-refractivity contribution is 9.10. The highest BCUT2D eigenvalue weighted by Gasteiger charge is 2.52. The third kappa shape index (κ3) is 25.1. The second-order valence-electron chi connectivity index (χ2n) is 34.5. The molecule has 0 saturated carbocycles. The number of benzene rings is 2. The van der Waals surface area contributed by atoms with Crippen molar-refractivity contribution in [3.63, 3.8) is 0 Å². The number of nitrogens with zero attached hydrogens (tertiary/aromatic N) is 8. The average molecular weight is 1600 g/mol. The molecule has 0 bridgehead atoms. The maximum absolute atomic E-state index is 12.6. The monoisotopic (exact) mass is 1590 g/mol. The second-order valence-corrected chi connectivity index (χ2v) is 49.7. The average Bonchev–Trinajstić information content (AvgIpc) is 1.73. The number of amides is 2. The molecule has 19 nitrogen and oxygen atoms in total. The molecular weight excluding hydrogens is 1470 g/mol. The number of unbranched alkanes of at least 4 members (excludes halogenated alkanes) is 1. The minimum absolute atomic E-state index is 0. The second kappa shape index (κ2) is 36.2. The van der Waals surface area contributed by atoms with E-state index in [1.54, 1.807) is 0 Å². The van der Waals surface area contributed by atoms with Crippen LogP contribution in [0.3, 0.4) is 0 Å². The number of carbonyl (C=O) groups is 2. The fourth-order valence-corrected chi connectivity index (χ4v) is 13.5. The van der Waals surface area contributed by atoms with Crippen molar-refractivity contribution in [2.75, 3.05) is 6.61 Å². The van der Waals surface area contributed by atoms with Gasteiger partial charge in [0.05, 0.1) is 88.4 Å². The van der Waals surface area contributed by atoms with Gasteiger partial charge in [0.1, 0.15) is 15.8 Å². The number of halogens is 1. The molecule has 1 fully saturated rings. The molecule has 576 valence electrons. The summed E-state index contributed by atoms with van der Waals surface area (Å²) in [6.45, 7) is 56.9. The Balaban J connectivity index is 0.000000289. The van der Waals surface area contributed by atoms with E-state index in [1.807, 2.05) is 142 Å². The smallest absolute Gasteiger partial charge is 0.444 e. The van der Waals surface area contributed by atoms with E-state index in [1.165, 1.54) is 0 Å². The summed E-state index contributed by atoms with van der Waals surface area (Å²) < 4.78 is 47.0. The summed E-state index contributed by atoms with van der Waals surface area (Å²) in [5.74, 6) is 1.51. The maximum Gasteiger partial charge on any atom is 0.494 e. The molecule has 9 rings (SSSR count). The number of nitrogens with one attached hydrogen (secondary N) is 2. The molecule has 2 N–H and O–H groups in total. The van der Waals surface area contributed by atoms with Crippen molar-refractivity contribution in [1.29, 1.82) is 0 Å². The summed E-state index contributed by atoms with van der Waals surface area (Å²) in [6.07, 6.45) is 7.18. The fourth-order valence-electron chi connectivity index (χ4n) is 10.1. The number of fused-ring (bicyclic) bond motifs is 2. The first kappa shape index (κ1) is 89.8. The zero-order chi connectivity index (χ0) is 76.5. The molecule has 2 atom stereocenters. The van der Waals surface area contributed by atoms with Gasteiger partial charge >= 0.3 is 19.3 Å². The first-order chi connectivity index (χ1) is 47.6. The summed E-state index contributed by atoms with van der Waals surface area (Å²) in [5.41, 5.74) is 6.19. The number of alkyl carbamates (subject to hydrolysis) is 2. The van der Waals surface area contributed by atoms with Gasteiger partial charge in [-0.15, -0.1) is 0 Å². The van der Waals surface area contributed by atoms with Gasteiger partial charge in [-0.1, -0.05) is 131 Å². The zero-order valence-electron chi connectivity index (χ0n) is 67.6. The molecule has 0 unspecified atom stereocenters. The Labute approximate surface area is 652 Å². The largest absolute Gasteiger partial charge is 0.494 e. The van der Waals surface area contributed by atoms with E-state index >= 15 is 0 Å². The predicted octanol–water partition coefficient (Wildman–Crippen LogP) is 20.4. The van der Waals surface area contributed by atoms with Crippen LogP contribution in [0.5, 0.6) is 0 Å². The zero-order valence-corrected chi connectivity index (χ0v) is 74.2. The molecule has 7 heterocycles. The Hall–Kier alpha value is -5.78. The van der Waals surface area contributed by atoms with Gasteiger partial charge in [0.25, 0.3) is 0 Å².